The highest BCUT2D eigenvalue weighted by molar-refractivity contribution is 5.90. The normalized spacial score (nSPS) is 15.0. The van der Waals surface area contributed by atoms with Crippen molar-refractivity contribution in [3.63, 3.8) is 0 Å². The molecule has 1 aliphatic carbocycles. The van der Waals surface area contributed by atoms with E-state index in [1.165, 1.54) is 0 Å². The van der Waals surface area contributed by atoms with Gasteiger partial charge < -0.3 is 15.3 Å². The lowest BCUT2D eigenvalue weighted by Crippen LogP contribution is -2.11. The fourth-order valence-corrected chi connectivity index (χ4v) is 3.76. The number of allylic oxidation sites excluding steroid dienone is 3. The summed E-state index contributed by atoms with van der Waals surface area (Å²) in [7, 11) is 0. The van der Waals surface area contributed by atoms with Crippen molar-refractivity contribution in [2.75, 3.05) is 0 Å². The van der Waals surface area contributed by atoms with E-state index in [0.29, 0.717) is 6.42 Å². The zero-order valence-electron chi connectivity index (χ0n) is 17.4. The molecule has 0 radical (unpaired) electrons. The van der Waals surface area contributed by atoms with Gasteiger partial charge in [-0.2, -0.15) is 0 Å². The second kappa shape index (κ2) is 8.96. The van der Waals surface area contributed by atoms with Crippen LogP contribution in [0.15, 0.2) is 85.0 Å². The fourth-order valence-electron chi connectivity index (χ4n) is 3.76. The summed E-state index contributed by atoms with van der Waals surface area (Å²) < 4.78 is 0. The topological polar surface area (TPSA) is 112 Å². The highest BCUT2D eigenvalue weighted by atomic mass is 16.4. The van der Waals surface area contributed by atoms with Gasteiger partial charge in [0, 0.05) is 0 Å². The number of carbonyl (C=O) groups is 3. The minimum Gasteiger partial charge on any atom is -0.481 e. The van der Waals surface area contributed by atoms with Gasteiger partial charge in [0.05, 0.1) is 17.0 Å². The van der Waals surface area contributed by atoms with Crippen LogP contribution >= 0.6 is 0 Å². The van der Waals surface area contributed by atoms with Gasteiger partial charge >= 0.3 is 17.9 Å². The molecule has 0 aliphatic heterocycles. The largest absolute Gasteiger partial charge is 0.481 e. The summed E-state index contributed by atoms with van der Waals surface area (Å²) in [5.41, 5.74) is 5.53. The summed E-state index contributed by atoms with van der Waals surface area (Å²) in [6.45, 7) is 0. The number of carboxylic acids is 3. The van der Waals surface area contributed by atoms with Crippen molar-refractivity contribution in [2.24, 2.45) is 5.92 Å². The first-order chi connectivity index (χ1) is 15.8. The number of aliphatic carboxylic acids is 1. The molecular weight excluding hydrogens is 420 g/mol. The van der Waals surface area contributed by atoms with Crippen LogP contribution in [0.5, 0.6) is 0 Å². The molecule has 0 bridgehead atoms. The summed E-state index contributed by atoms with van der Waals surface area (Å²) in [6.07, 6.45) is 5.75. The SMILES string of the molecule is O=C(O)c1ccc(-c2cc(C3=CCC(C(=O)O)C=C3)cc(-c3ccc(C(=O)O)cc3)c2)cc1. The molecule has 1 unspecified atom stereocenters. The van der Waals surface area contributed by atoms with E-state index in [2.05, 4.69) is 0 Å². The lowest BCUT2D eigenvalue weighted by atomic mass is 9.89. The van der Waals surface area contributed by atoms with Gasteiger partial charge in [0.1, 0.15) is 0 Å². The van der Waals surface area contributed by atoms with Crippen LogP contribution in [-0.2, 0) is 4.79 Å². The molecule has 0 fully saturated rings. The highest BCUT2D eigenvalue weighted by Gasteiger charge is 2.17. The first kappa shape index (κ1) is 21.8. The summed E-state index contributed by atoms with van der Waals surface area (Å²) in [5, 5.41) is 27.6. The summed E-state index contributed by atoms with van der Waals surface area (Å²) in [5.74, 6) is -3.42. The third-order valence-corrected chi connectivity index (χ3v) is 5.61. The number of carboxylic acid groups (broad SMARTS) is 3. The second-order valence-corrected chi connectivity index (χ2v) is 7.76. The van der Waals surface area contributed by atoms with E-state index < -0.39 is 23.8 Å². The van der Waals surface area contributed by atoms with Gasteiger partial charge in [-0.05, 0) is 82.3 Å². The molecule has 0 spiro atoms. The monoisotopic (exact) mass is 440 g/mol. The van der Waals surface area contributed by atoms with E-state index in [4.69, 9.17) is 0 Å². The summed E-state index contributed by atoms with van der Waals surface area (Å²) >= 11 is 0. The molecule has 33 heavy (non-hydrogen) atoms. The number of rotatable bonds is 6. The molecule has 1 aliphatic rings. The lowest BCUT2D eigenvalue weighted by Gasteiger charge is -2.16. The molecule has 6 nitrogen and oxygen atoms in total. The molecule has 3 aromatic rings. The molecule has 0 saturated heterocycles. The van der Waals surface area contributed by atoms with Crippen molar-refractivity contribution < 1.29 is 29.7 Å². The molecule has 3 N–H and O–H groups in total. The van der Waals surface area contributed by atoms with Crippen molar-refractivity contribution >= 4 is 23.5 Å². The third-order valence-electron chi connectivity index (χ3n) is 5.61. The van der Waals surface area contributed by atoms with Gasteiger partial charge in [-0.15, -0.1) is 0 Å². The van der Waals surface area contributed by atoms with E-state index in [1.54, 1.807) is 60.7 Å². The van der Waals surface area contributed by atoms with E-state index >= 15 is 0 Å². The van der Waals surface area contributed by atoms with Crippen LogP contribution in [-0.4, -0.2) is 33.2 Å². The maximum Gasteiger partial charge on any atom is 0.335 e. The van der Waals surface area contributed by atoms with E-state index in [9.17, 15) is 29.7 Å². The van der Waals surface area contributed by atoms with Crippen molar-refractivity contribution in [1.82, 2.24) is 0 Å². The average Bonchev–Trinajstić information content (AvgIpc) is 2.84. The molecule has 4 rings (SSSR count). The quantitative estimate of drug-likeness (QED) is 0.469. The van der Waals surface area contributed by atoms with Gasteiger partial charge in [-0.1, -0.05) is 42.5 Å². The number of hydrogen-bond acceptors (Lipinski definition) is 3. The molecular formula is C27H20O6. The minimum atomic E-state index is -1.00. The first-order valence-corrected chi connectivity index (χ1v) is 10.3. The molecule has 3 aromatic carbocycles. The maximum atomic E-state index is 11.3. The Morgan fingerprint density at radius 3 is 1.45 bits per heavy atom. The van der Waals surface area contributed by atoms with Crippen LogP contribution in [0.4, 0.5) is 0 Å². The van der Waals surface area contributed by atoms with Gasteiger partial charge in [0.2, 0.25) is 0 Å². The summed E-state index contributed by atoms with van der Waals surface area (Å²) in [6, 6.07) is 19.1. The molecule has 164 valence electrons. The Kier molecular flexibility index (Phi) is 5.91. The zero-order valence-corrected chi connectivity index (χ0v) is 17.4. The standard InChI is InChI=1S/C27H20O6/c28-25(29)19-7-1-16(2-8-19)22-13-23(17-3-9-20(10-4-17)26(30)31)15-24(14-22)18-5-11-21(12-6-18)27(32)33/h1-11,13-15,21H,12H2,(H,28,29)(H,30,31)(H,32,33). The lowest BCUT2D eigenvalue weighted by molar-refractivity contribution is -0.139. The van der Waals surface area contributed by atoms with Crippen LogP contribution in [0.25, 0.3) is 27.8 Å². The summed E-state index contributed by atoms with van der Waals surface area (Å²) in [4.78, 5) is 33.7. The van der Waals surface area contributed by atoms with Crippen molar-refractivity contribution in [2.45, 2.75) is 6.42 Å². The predicted molar refractivity (Wildman–Crippen MR) is 124 cm³/mol. The van der Waals surface area contributed by atoms with E-state index in [0.717, 1.165) is 33.4 Å². The Morgan fingerprint density at radius 2 is 1.09 bits per heavy atom. The smallest absolute Gasteiger partial charge is 0.335 e. The van der Waals surface area contributed by atoms with E-state index in [-0.39, 0.29) is 11.1 Å². The van der Waals surface area contributed by atoms with Crippen LogP contribution in [0.2, 0.25) is 0 Å². The van der Waals surface area contributed by atoms with Crippen molar-refractivity contribution in [1.29, 1.82) is 0 Å². The number of benzene rings is 3. The van der Waals surface area contributed by atoms with Gasteiger partial charge in [0.15, 0.2) is 0 Å². The van der Waals surface area contributed by atoms with Crippen LogP contribution < -0.4 is 0 Å². The number of aromatic carboxylic acids is 2. The third kappa shape index (κ3) is 4.75. The molecule has 0 amide bonds. The van der Waals surface area contributed by atoms with Gasteiger partial charge in [-0.25, -0.2) is 9.59 Å². The molecule has 1 atom stereocenters. The fraction of sp³-hybridized carbons (Fsp3) is 0.0741. The van der Waals surface area contributed by atoms with Crippen molar-refractivity contribution in [3.8, 4) is 22.3 Å². The average molecular weight is 440 g/mol. The highest BCUT2D eigenvalue weighted by Crippen LogP contribution is 2.33. The van der Waals surface area contributed by atoms with Crippen molar-refractivity contribution in [3.05, 3.63) is 102 Å². The Hall–Kier alpha value is -4.45. The van der Waals surface area contributed by atoms with E-state index in [1.807, 2.05) is 24.3 Å². The molecule has 0 aromatic heterocycles. The molecule has 0 saturated carbocycles. The van der Waals surface area contributed by atoms with Crippen LogP contribution in [0, 0.1) is 5.92 Å². The first-order valence-electron chi connectivity index (χ1n) is 10.3. The maximum absolute atomic E-state index is 11.3. The van der Waals surface area contributed by atoms with Gasteiger partial charge in [-0.3, -0.25) is 4.79 Å². The Bertz CT molecular complexity index is 1220. The number of hydrogen-bond donors (Lipinski definition) is 3. The second-order valence-electron chi connectivity index (χ2n) is 7.76. The Morgan fingerprint density at radius 1 is 0.636 bits per heavy atom. The van der Waals surface area contributed by atoms with Gasteiger partial charge in [0.25, 0.3) is 0 Å². The predicted octanol–water partition coefficient (Wildman–Crippen LogP) is 5.46. The Labute approximate surface area is 189 Å². The molecule has 6 heteroatoms. The van der Waals surface area contributed by atoms with Crippen LogP contribution in [0.1, 0.15) is 32.7 Å². The Balaban J connectivity index is 1.79. The molecule has 0 heterocycles. The minimum absolute atomic E-state index is 0.192. The zero-order chi connectivity index (χ0) is 23.5. The van der Waals surface area contributed by atoms with Crippen LogP contribution in [0.3, 0.4) is 0 Å².